The van der Waals surface area contributed by atoms with Crippen molar-refractivity contribution in [3.8, 4) is 11.9 Å². The number of benzene rings is 1. The fourth-order valence-electron chi connectivity index (χ4n) is 3.88. The minimum atomic E-state index is -0.656. The lowest BCUT2D eigenvalue weighted by Crippen LogP contribution is -2.31. The fourth-order valence-corrected chi connectivity index (χ4v) is 5.19. The van der Waals surface area contributed by atoms with Crippen LogP contribution in [-0.4, -0.2) is 49.8 Å². The molecular weight excluding hydrogens is 510 g/mol. The molecule has 1 amide bonds. The van der Waals surface area contributed by atoms with Gasteiger partial charge < -0.3 is 9.84 Å². The van der Waals surface area contributed by atoms with Crippen LogP contribution in [0, 0.1) is 25.2 Å². The maximum atomic E-state index is 13.2. The third-order valence-electron chi connectivity index (χ3n) is 5.87. The summed E-state index contributed by atoms with van der Waals surface area (Å²) in [4.78, 5) is 40.7. The second-order valence-corrected chi connectivity index (χ2v) is 10.6. The topological polar surface area (TPSA) is 113 Å². The molecule has 0 atom stereocenters. The zero-order valence-corrected chi connectivity index (χ0v) is 22.9. The number of thiocarbonyl (C=S) groups is 1. The van der Waals surface area contributed by atoms with E-state index in [0.29, 0.717) is 22.3 Å². The van der Waals surface area contributed by atoms with Gasteiger partial charge in [0.2, 0.25) is 5.88 Å². The van der Waals surface area contributed by atoms with Gasteiger partial charge >= 0.3 is 0 Å². The van der Waals surface area contributed by atoms with E-state index in [1.54, 1.807) is 6.08 Å². The van der Waals surface area contributed by atoms with Crippen molar-refractivity contribution in [2.75, 3.05) is 13.2 Å². The molecule has 1 N–H and O–H groups in total. The van der Waals surface area contributed by atoms with Crippen molar-refractivity contribution in [2.45, 2.75) is 53.2 Å². The van der Waals surface area contributed by atoms with Crippen LogP contribution < -0.4 is 5.56 Å². The molecule has 1 aliphatic rings. The Morgan fingerprint density at radius 1 is 1.22 bits per heavy atom. The summed E-state index contributed by atoms with van der Waals surface area (Å²) in [5.41, 5.74) is 1.15. The number of hydrogen-bond donors (Lipinski definition) is 1. The Hall–Kier alpha value is -3.26. The van der Waals surface area contributed by atoms with Gasteiger partial charge in [-0.15, -0.1) is 0 Å². The van der Waals surface area contributed by atoms with E-state index in [1.807, 2.05) is 51.1 Å². The van der Waals surface area contributed by atoms with E-state index in [1.165, 1.54) is 23.6 Å². The fraction of sp³-hybridized carbons (Fsp3) is 0.370. The first kappa shape index (κ1) is 28.3. The Bertz CT molecular complexity index is 1350. The summed E-state index contributed by atoms with van der Waals surface area (Å²) in [5.74, 6) is -1.27. The van der Waals surface area contributed by atoms with Crippen molar-refractivity contribution >= 4 is 46.1 Å². The SMILES string of the molecule is Cc1ccc(/C=C2\SC(=S)N(CCC(=O)c3c(C)c(C#N)c(=O)n(CCCOC(C)C)c3O)C2=O)cc1. The number of aromatic nitrogens is 1. The number of amides is 1. The predicted octanol–water partition coefficient (Wildman–Crippen LogP) is 4.33. The Morgan fingerprint density at radius 3 is 2.51 bits per heavy atom. The highest BCUT2D eigenvalue weighted by Gasteiger charge is 2.33. The van der Waals surface area contributed by atoms with Gasteiger partial charge in [0, 0.05) is 26.1 Å². The van der Waals surface area contributed by atoms with Crippen LogP contribution in [0.25, 0.3) is 6.08 Å². The number of aromatic hydroxyl groups is 1. The smallest absolute Gasteiger partial charge is 0.271 e. The average molecular weight is 540 g/mol. The number of carbonyl (C=O) groups excluding carboxylic acids is 2. The number of ether oxygens (including phenoxy) is 1. The monoisotopic (exact) mass is 539 g/mol. The van der Waals surface area contributed by atoms with Gasteiger partial charge in [-0.2, -0.15) is 5.26 Å². The van der Waals surface area contributed by atoms with Crippen molar-refractivity contribution in [1.82, 2.24) is 9.47 Å². The number of ketones is 1. The van der Waals surface area contributed by atoms with Gasteiger partial charge in [-0.25, -0.2) is 0 Å². The summed E-state index contributed by atoms with van der Waals surface area (Å²) in [6, 6.07) is 9.58. The second kappa shape index (κ2) is 12.3. The molecule has 0 spiro atoms. The van der Waals surface area contributed by atoms with Gasteiger partial charge in [0.1, 0.15) is 16.0 Å². The van der Waals surface area contributed by atoms with E-state index >= 15 is 0 Å². The molecular formula is C27H29N3O5S2. The highest BCUT2D eigenvalue weighted by Crippen LogP contribution is 2.33. The number of thioether (sulfide) groups is 1. The molecule has 1 aromatic carbocycles. The molecule has 2 aromatic rings. The van der Waals surface area contributed by atoms with Gasteiger partial charge in [-0.05, 0) is 51.3 Å². The van der Waals surface area contributed by atoms with Crippen molar-refractivity contribution in [1.29, 1.82) is 5.26 Å². The van der Waals surface area contributed by atoms with Gasteiger partial charge in [0.25, 0.3) is 11.5 Å². The first-order valence-electron chi connectivity index (χ1n) is 11.9. The molecule has 0 saturated carbocycles. The molecule has 2 heterocycles. The van der Waals surface area contributed by atoms with E-state index in [2.05, 4.69) is 0 Å². The van der Waals surface area contributed by atoms with E-state index < -0.39 is 17.2 Å². The third-order valence-corrected chi connectivity index (χ3v) is 7.25. The van der Waals surface area contributed by atoms with Crippen LogP contribution in [0.4, 0.5) is 0 Å². The van der Waals surface area contributed by atoms with Crippen LogP contribution in [0.1, 0.15) is 59.3 Å². The van der Waals surface area contributed by atoms with Gasteiger partial charge in [-0.3, -0.25) is 23.9 Å². The molecule has 0 unspecified atom stereocenters. The Labute approximate surface area is 225 Å². The van der Waals surface area contributed by atoms with Crippen LogP contribution in [0.3, 0.4) is 0 Å². The molecule has 0 aliphatic carbocycles. The number of rotatable bonds is 10. The number of nitriles is 1. The molecule has 1 fully saturated rings. The maximum Gasteiger partial charge on any atom is 0.271 e. The van der Waals surface area contributed by atoms with E-state index in [4.69, 9.17) is 17.0 Å². The lowest BCUT2D eigenvalue weighted by Gasteiger charge is -2.17. The number of Topliss-reactive ketones (excluding diaryl/α,β-unsaturated/α-hetero) is 1. The van der Waals surface area contributed by atoms with Gasteiger partial charge in [0.05, 0.1) is 16.6 Å². The number of pyridine rings is 1. The van der Waals surface area contributed by atoms with Crippen molar-refractivity contribution < 1.29 is 19.4 Å². The number of carbonyl (C=O) groups is 2. The molecule has 3 rings (SSSR count). The van der Waals surface area contributed by atoms with E-state index in [0.717, 1.165) is 15.7 Å². The second-order valence-electron chi connectivity index (χ2n) is 8.96. The van der Waals surface area contributed by atoms with Crippen molar-refractivity contribution in [3.63, 3.8) is 0 Å². The van der Waals surface area contributed by atoms with Crippen LogP contribution in [-0.2, 0) is 16.1 Å². The predicted molar refractivity (Wildman–Crippen MR) is 148 cm³/mol. The lowest BCUT2D eigenvalue weighted by molar-refractivity contribution is -0.122. The van der Waals surface area contributed by atoms with Gasteiger partial charge in [-0.1, -0.05) is 53.8 Å². The summed E-state index contributed by atoms with van der Waals surface area (Å²) in [6.07, 6.45) is 2.05. The molecule has 0 bridgehead atoms. The largest absolute Gasteiger partial charge is 0.494 e. The minimum Gasteiger partial charge on any atom is -0.494 e. The molecule has 194 valence electrons. The quantitative estimate of drug-likeness (QED) is 0.205. The molecule has 0 radical (unpaired) electrons. The summed E-state index contributed by atoms with van der Waals surface area (Å²) in [6.45, 7) is 7.66. The van der Waals surface area contributed by atoms with Gasteiger partial charge in [0.15, 0.2) is 5.78 Å². The molecule has 37 heavy (non-hydrogen) atoms. The number of nitrogens with zero attached hydrogens (tertiary/aromatic N) is 3. The summed E-state index contributed by atoms with van der Waals surface area (Å²) >= 11 is 6.54. The molecule has 1 saturated heterocycles. The highest BCUT2D eigenvalue weighted by atomic mass is 32.2. The average Bonchev–Trinajstić information content (AvgIpc) is 3.10. The van der Waals surface area contributed by atoms with Crippen molar-refractivity contribution in [3.05, 3.63) is 67.3 Å². The third kappa shape index (κ3) is 6.55. The van der Waals surface area contributed by atoms with Crippen LogP contribution in [0.5, 0.6) is 5.88 Å². The van der Waals surface area contributed by atoms with Crippen molar-refractivity contribution in [2.24, 2.45) is 0 Å². The van der Waals surface area contributed by atoms with E-state index in [9.17, 15) is 24.8 Å². The Balaban J connectivity index is 1.79. The summed E-state index contributed by atoms with van der Waals surface area (Å²) in [5, 5.41) is 20.4. The van der Waals surface area contributed by atoms with Crippen LogP contribution in [0.15, 0.2) is 34.0 Å². The zero-order chi connectivity index (χ0) is 27.3. The van der Waals surface area contributed by atoms with Crippen LogP contribution >= 0.6 is 24.0 Å². The lowest BCUT2D eigenvalue weighted by atomic mass is 9.99. The zero-order valence-electron chi connectivity index (χ0n) is 21.2. The summed E-state index contributed by atoms with van der Waals surface area (Å²) in [7, 11) is 0. The first-order chi connectivity index (χ1) is 17.5. The molecule has 1 aliphatic heterocycles. The number of aryl methyl sites for hydroxylation is 1. The Morgan fingerprint density at radius 2 is 1.89 bits per heavy atom. The Kier molecular flexibility index (Phi) is 9.43. The normalized spacial score (nSPS) is 14.6. The maximum absolute atomic E-state index is 13.2. The standard InChI is InChI=1S/C27H29N3O5S2/c1-16(2)35-13-5-11-29-24(32)20(15-28)18(4)23(26(29)34)21(31)10-12-30-25(33)22(37-27(30)36)14-19-8-6-17(3)7-9-19/h6-9,14,16,34H,5,10-13H2,1-4H3/b22-14-. The first-order valence-corrected chi connectivity index (χ1v) is 13.1. The number of hydrogen-bond acceptors (Lipinski definition) is 8. The highest BCUT2D eigenvalue weighted by molar-refractivity contribution is 8.26. The molecule has 8 nitrogen and oxygen atoms in total. The molecule has 10 heteroatoms. The summed E-state index contributed by atoms with van der Waals surface area (Å²) < 4.78 is 6.86. The van der Waals surface area contributed by atoms with E-state index in [-0.39, 0.29) is 48.2 Å². The molecule has 1 aromatic heterocycles. The van der Waals surface area contributed by atoms with Crippen LogP contribution in [0.2, 0.25) is 0 Å². The minimum absolute atomic E-state index is 0.0108.